The predicted octanol–water partition coefficient (Wildman–Crippen LogP) is 3.54. The van der Waals surface area contributed by atoms with Crippen molar-refractivity contribution in [2.24, 2.45) is 0 Å². The molecule has 0 spiro atoms. The minimum absolute atomic E-state index is 0.0550. The monoisotopic (exact) mass is 194 g/mol. The van der Waals surface area contributed by atoms with E-state index in [2.05, 4.69) is 11.1 Å². The van der Waals surface area contributed by atoms with E-state index in [9.17, 15) is 8.76 Å². The molecule has 0 aliphatic carbocycles. The van der Waals surface area contributed by atoms with Crippen molar-refractivity contribution < 1.29 is 13.3 Å². The first-order chi connectivity index (χ1) is 5.33. The lowest BCUT2D eigenvalue weighted by atomic mass is 10.3. The average molecular weight is 194 g/mol. The topological polar surface area (TPSA) is 26.3 Å². The van der Waals surface area contributed by atoms with Crippen LogP contribution in [0, 0.1) is 0 Å². The summed E-state index contributed by atoms with van der Waals surface area (Å²) in [6.45, 7) is 8.69. The summed E-state index contributed by atoms with van der Waals surface area (Å²) < 4.78 is 28.6. The van der Waals surface area contributed by atoms with Gasteiger partial charge in [0.15, 0.2) is 0 Å². The Bertz CT molecular complexity index is 201. The third-order valence-corrected chi connectivity index (χ3v) is 2.67. The molecular formula is C8H16FO2P. The molecule has 0 aliphatic heterocycles. The molecule has 72 valence electrons. The van der Waals surface area contributed by atoms with E-state index in [4.69, 9.17) is 0 Å². The van der Waals surface area contributed by atoms with Gasteiger partial charge in [0.2, 0.25) is 0 Å². The summed E-state index contributed by atoms with van der Waals surface area (Å²) in [5, 5.41) is 0. The largest absolute Gasteiger partial charge is 0.368 e. The van der Waals surface area contributed by atoms with E-state index < -0.39 is 7.68 Å². The van der Waals surface area contributed by atoms with Gasteiger partial charge in [0.25, 0.3) is 0 Å². The molecule has 0 bridgehead atoms. The molecule has 0 aromatic rings. The van der Waals surface area contributed by atoms with Gasteiger partial charge in [0, 0.05) is 0 Å². The van der Waals surface area contributed by atoms with Crippen LogP contribution in [0.4, 0.5) is 4.20 Å². The standard InChI is InChI=1S/C8H16FO2P/c1-7(2)5-6-12(9,10)11-8(3)4/h8H,1,5-6H2,2-4H3. The molecule has 2 nitrogen and oxygen atoms in total. The Labute approximate surface area is 73.4 Å². The van der Waals surface area contributed by atoms with E-state index in [1.807, 2.05) is 0 Å². The number of halogens is 1. The summed E-state index contributed by atoms with van der Waals surface area (Å²) >= 11 is 0. The number of hydrogen-bond acceptors (Lipinski definition) is 2. The quantitative estimate of drug-likeness (QED) is 0.494. The molecule has 0 rings (SSSR count). The van der Waals surface area contributed by atoms with Crippen molar-refractivity contribution in [1.29, 1.82) is 0 Å². The van der Waals surface area contributed by atoms with Gasteiger partial charge < -0.3 is 4.52 Å². The van der Waals surface area contributed by atoms with Crippen LogP contribution < -0.4 is 0 Å². The molecule has 0 aromatic carbocycles. The van der Waals surface area contributed by atoms with E-state index in [0.29, 0.717) is 6.42 Å². The maximum atomic E-state index is 13.0. The molecule has 0 aliphatic rings. The molecule has 4 heteroatoms. The highest BCUT2D eigenvalue weighted by atomic mass is 31.2. The predicted molar refractivity (Wildman–Crippen MR) is 49.2 cm³/mol. The average Bonchev–Trinajstić information content (AvgIpc) is 1.81. The summed E-state index contributed by atoms with van der Waals surface area (Å²) in [5.41, 5.74) is 0.820. The zero-order chi connectivity index (χ0) is 9.78. The van der Waals surface area contributed by atoms with Crippen LogP contribution in [0.25, 0.3) is 0 Å². The normalized spacial score (nSPS) is 16.1. The molecule has 12 heavy (non-hydrogen) atoms. The van der Waals surface area contributed by atoms with Gasteiger partial charge in [-0.1, -0.05) is 5.57 Å². The van der Waals surface area contributed by atoms with Crippen LogP contribution in [0.15, 0.2) is 12.2 Å². The van der Waals surface area contributed by atoms with E-state index >= 15 is 0 Å². The van der Waals surface area contributed by atoms with Crippen molar-refractivity contribution in [3.05, 3.63) is 12.2 Å². The van der Waals surface area contributed by atoms with Crippen LogP contribution in [-0.4, -0.2) is 12.3 Å². The lowest BCUT2D eigenvalue weighted by molar-refractivity contribution is 0.224. The fraction of sp³-hybridized carbons (Fsp3) is 0.750. The van der Waals surface area contributed by atoms with Gasteiger partial charge >= 0.3 is 7.68 Å². The van der Waals surface area contributed by atoms with Crippen LogP contribution in [0.5, 0.6) is 0 Å². The summed E-state index contributed by atoms with van der Waals surface area (Å²) in [4.78, 5) is 0. The van der Waals surface area contributed by atoms with Crippen molar-refractivity contribution in [1.82, 2.24) is 0 Å². The molecule has 0 amide bonds. The number of allylic oxidation sites excluding steroid dienone is 1. The minimum atomic E-state index is -3.86. The molecular weight excluding hydrogens is 178 g/mol. The Balaban J connectivity index is 3.88. The SMILES string of the molecule is C=C(C)CCP(=O)(F)OC(C)C. The van der Waals surface area contributed by atoms with Gasteiger partial charge in [-0.15, -0.1) is 6.58 Å². The van der Waals surface area contributed by atoms with Crippen LogP contribution in [0.1, 0.15) is 27.2 Å². The van der Waals surface area contributed by atoms with Crippen LogP contribution >= 0.6 is 7.68 Å². The summed E-state index contributed by atoms with van der Waals surface area (Å²) in [5.74, 6) is 0. The van der Waals surface area contributed by atoms with Crippen molar-refractivity contribution in [3.63, 3.8) is 0 Å². The number of rotatable bonds is 5. The van der Waals surface area contributed by atoms with E-state index in [-0.39, 0.29) is 12.3 Å². The molecule has 0 N–H and O–H groups in total. The highest BCUT2D eigenvalue weighted by Crippen LogP contribution is 2.50. The molecule has 0 saturated heterocycles. The summed E-state index contributed by atoms with van der Waals surface area (Å²) in [7, 11) is -3.86. The van der Waals surface area contributed by atoms with E-state index in [1.165, 1.54) is 0 Å². The van der Waals surface area contributed by atoms with Crippen molar-refractivity contribution in [2.45, 2.75) is 33.3 Å². The van der Waals surface area contributed by atoms with Crippen molar-refractivity contribution in [2.75, 3.05) is 6.16 Å². The maximum absolute atomic E-state index is 13.0. The maximum Gasteiger partial charge on any atom is 0.368 e. The Morgan fingerprint density at radius 3 is 2.50 bits per heavy atom. The molecule has 0 aromatic heterocycles. The second-order valence-electron chi connectivity index (χ2n) is 3.18. The first-order valence-corrected chi connectivity index (χ1v) is 5.65. The minimum Gasteiger partial charge on any atom is -0.303 e. The Morgan fingerprint density at radius 1 is 1.67 bits per heavy atom. The van der Waals surface area contributed by atoms with Gasteiger partial charge in [-0.2, -0.15) is 4.20 Å². The Morgan fingerprint density at radius 2 is 2.17 bits per heavy atom. The van der Waals surface area contributed by atoms with E-state index in [0.717, 1.165) is 5.57 Å². The van der Waals surface area contributed by atoms with Gasteiger partial charge in [0.05, 0.1) is 12.3 Å². The smallest absolute Gasteiger partial charge is 0.303 e. The van der Waals surface area contributed by atoms with Crippen molar-refractivity contribution in [3.8, 4) is 0 Å². The third-order valence-electron chi connectivity index (χ3n) is 1.17. The Hall–Kier alpha value is -0.140. The molecule has 1 unspecified atom stereocenters. The summed E-state index contributed by atoms with van der Waals surface area (Å²) in [6.07, 6.45) is 0.0343. The van der Waals surface area contributed by atoms with Crippen LogP contribution in [0.3, 0.4) is 0 Å². The zero-order valence-electron chi connectivity index (χ0n) is 7.84. The third kappa shape index (κ3) is 6.56. The van der Waals surface area contributed by atoms with E-state index in [1.54, 1.807) is 20.8 Å². The molecule has 0 saturated carbocycles. The highest BCUT2D eigenvalue weighted by molar-refractivity contribution is 7.53. The van der Waals surface area contributed by atoms with Gasteiger partial charge in [-0.3, -0.25) is 4.57 Å². The van der Waals surface area contributed by atoms with Gasteiger partial charge in [-0.25, -0.2) is 0 Å². The van der Waals surface area contributed by atoms with Crippen molar-refractivity contribution >= 4 is 7.68 Å². The second kappa shape index (κ2) is 4.78. The van der Waals surface area contributed by atoms with Crippen LogP contribution in [0.2, 0.25) is 0 Å². The van der Waals surface area contributed by atoms with Gasteiger partial charge in [0.1, 0.15) is 0 Å². The molecule has 0 heterocycles. The highest BCUT2D eigenvalue weighted by Gasteiger charge is 2.22. The molecule has 0 fully saturated rings. The van der Waals surface area contributed by atoms with Crippen LogP contribution in [-0.2, 0) is 9.09 Å². The fourth-order valence-corrected chi connectivity index (χ4v) is 2.08. The molecule has 1 atom stereocenters. The number of hydrogen-bond donors (Lipinski definition) is 0. The summed E-state index contributed by atoms with van der Waals surface area (Å²) in [6, 6.07) is 0. The second-order valence-corrected chi connectivity index (χ2v) is 5.01. The first kappa shape index (κ1) is 11.9. The lowest BCUT2D eigenvalue weighted by Gasteiger charge is -2.12. The fourth-order valence-electron chi connectivity index (χ4n) is 0.692. The first-order valence-electron chi connectivity index (χ1n) is 3.95. The molecule has 0 radical (unpaired) electrons. The Kier molecular flexibility index (Phi) is 4.73. The van der Waals surface area contributed by atoms with Gasteiger partial charge in [-0.05, 0) is 27.2 Å². The zero-order valence-corrected chi connectivity index (χ0v) is 8.73. The lowest BCUT2D eigenvalue weighted by Crippen LogP contribution is -2.00.